The lowest BCUT2D eigenvalue weighted by Gasteiger charge is -2.25. The Kier molecular flexibility index (Phi) is 9.74. The number of thioether (sulfide) groups is 1. The molecule has 5 heteroatoms. The number of methoxy groups -OCH3 is 1. The highest BCUT2D eigenvalue weighted by Crippen LogP contribution is 2.12. The van der Waals surface area contributed by atoms with Gasteiger partial charge in [0.25, 0.3) is 0 Å². The summed E-state index contributed by atoms with van der Waals surface area (Å²) < 4.78 is 4.88. The quantitative estimate of drug-likeness (QED) is 0.725. The van der Waals surface area contributed by atoms with Crippen LogP contribution in [0.5, 0.6) is 0 Å². The van der Waals surface area contributed by atoms with Crippen molar-refractivity contribution in [3.63, 3.8) is 0 Å². The minimum Gasteiger partial charge on any atom is -0.468 e. The maximum absolute atomic E-state index is 11.8. The zero-order valence-electron chi connectivity index (χ0n) is 11.7. The Labute approximate surface area is 126 Å². The van der Waals surface area contributed by atoms with Gasteiger partial charge in [0, 0.05) is 6.54 Å². The van der Waals surface area contributed by atoms with Crippen molar-refractivity contribution < 1.29 is 9.53 Å². The van der Waals surface area contributed by atoms with Gasteiger partial charge in [0.2, 0.25) is 0 Å². The lowest BCUT2D eigenvalue weighted by molar-refractivity contribution is -0.146. The van der Waals surface area contributed by atoms with Gasteiger partial charge in [-0.3, -0.25) is 9.69 Å². The molecule has 1 atom stereocenters. The fraction of sp³-hybridized carbons (Fsp3) is 0.500. The van der Waals surface area contributed by atoms with Gasteiger partial charge in [-0.25, -0.2) is 0 Å². The molecule has 0 aromatic heterocycles. The Morgan fingerprint density at radius 2 is 2.00 bits per heavy atom. The summed E-state index contributed by atoms with van der Waals surface area (Å²) in [6.45, 7) is 0.759. The highest BCUT2D eigenvalue weighted by molar-refractivity contribution is 7.98. The first-order chi connectivity index (χ1) is 8.69. The molecule has 108 valence electrons. The average Bonchev–Trinajstić information content (AvgIpc) is 2.40. The van der Waals surface area contributed by atoms with Crippen LogP contribution in [0.2, 0.25) is 0 Å². The van der Waals surface area contributed by atoms with Gasteiger partial charge in [-0.1, -0.05) is 30.3 Å². The fourth-order valence-corrected chi connectivity index (χ4v) is 2.32. The van der Waals surface area contributed by atoms with Gasteiger partial charge in [0.05, 0.1) is 7.11 Å². The van der Waals surface area contributed by atoms with Crippen molar-refractivity contribution in [3.05, 3.63) is 35.9 Å². The molecule has 0 saturated heterocycles. The predicted octanol–water partition coefficient (Wildman–Crippen LogP) is 2.83. The number of carbonyl (C=O) groups is 1. The van der Waals surface area contributed by atoms with Gasteiger partial charge in [-0.2, -0.15) is 11.8 Å². The van der Waals surface area contributed by atoms with E-state index in [-0.39, 0.29) is 24.4 Å². The maximum atomic E-state index is 11.8. The number of hydrogen-bond acceptors (Lipinski definition) is 4. The molecule has 0 amide bonds. The van der Waals surface area contributed by atoms with E-state index in [9.17, 15) is 4.79 Å². The van der Waals surface area contributed by atoms with Crippen LogP contribution >= 0.6 is 24.2 Å². The Balaban J connectivity index is 0.00000324. The van der Waals surface area contributed by atoms with Crippen molar-refractivity contribution in [3.8, 4) is 0 Å². The monoisotopic (exact) mass is 303 g/mol. The van der Waals surface area contributed by atoms with Crippen molar-refractivity contribution in [2.24, 2.45) is 0 Å². The molecule has 0 unspecified atom stereocenters. The number of hydrogen-bond donors (Lipinski definition) is 0. The zero-order chi connectivity index (χ0) is 13.4. The molecular weight excluding hydrogens is 282 g/mol. The molecule has 0 bridgehead atoms. The Morgan fingerprint density at radius 3 is 2.53 bits per heavy atom. The summed E-state index contributed by atoms with van der Waals surface area (Å²) in [5.74, 6) is 0.807. The largest absolute Gasteiger partial charge is 0.468 e. The summed E-state index contributed by atoms with van der Waals surface area (Å²) in [6.07, 6.45) is 2.86. The summed E-state index contributed by atoms with van der Waals surface area (Å²) >= 11 is 1.75. The van der Waals surface area contributed by atoms with Crippen LogP contribution in [0.3, 0.4) is 0 Å². The molecule has 0 aliphatic rings. The molecule has 3 nitrogen and oxygen atoms in total. The Bertz CT molecular complexity index is 362. The van der Waals surface area contributed by atoms with Crippen molar-refractivity contribution >= 4 is 30.1 Å². The molecule has 1 aromatic carbocycles. The van der Waals surface area contributed by atoms with Gasteiger partial charge < -0.3 is 4.74 Å². The molecule has 0 heterocycles. The van der Waals surface area contributed by atoms with E-state index >= 15 is 0 Å². The van der Waals surface area contributed by atoms with Crippen LogP contribution in [-0.4, -0.2) is 43.1 Å². The fourth-order valence-electron chi connectivity index (χ4n) is 1.87. The number of esters is 1. The second kappa shape index (κ2) is 10.1. The first kappa shape index (κ1) is 18.3. The van der Waals surface area contributed by atoms with Crippen LogP contribution < -0.4 is 0 Å². The van der Waals surface area contributed by atoms with Gasteiger partial charge in [0.1, 0.15) is 6.04 Å². The third-order valence-electron chi connectivity index (χ3n) is 2.88. The van der Waals surface area contributed by atoms with Crippen molar-refractivity contribution in [2.45, 2.75) is 19.0 Å². The topological polar surface area (TPSA) is 29.5 Å². The molecule has 0 spiro atoms. The Morgan fingerprint density at radius 1 is 1.37 bits per heavy atom. The molecule has 1 rings (SSSR count). The molecule has 0 aliphatic heterocycles. The lowest BCUT2D eigenvalue weighted by atomic mass is 10.1. The number of benzene rings is 1. The van der Waals surface area contributed by atoms with Crippen LogP contribution in [0.4, 0.5) is 0 Å². The second-order valence-electron chi connectivity index (χ2n) is 4.22. The predicted molar refractivity (Wildman–Crippen MR) is 84.0 cm³/mol. The van der Waals surface area contributed by atoms with Crippen molar-refractivity contribution in [2.75, 3.05) is 26.2 Å². The first-order valence-electron chi connectivity index (χ1n) is 6.00. The molecule has 0 aliphatic carbocycles. The number of halogens is 1. The number of likely N-dealkylation sites (N-methyl/N-ethyl adjacent to an activating group) is 1. The van der Waals surface area contributed by atoms with Gasteiger partial charge in [-0.05, 0) is 31.0 Å². The highest BCUT2D eigenvalue weighted by Gasteiger charge is 2.23. The summed E-state index contributed by atoms with van der Waals surface area (Å²) in [5.41, 5.74) is 1.21. The standard InChI is InChI=1S/C14H21NO2S.ClH/c1-15(11-12-7-5-4-6-8-12)13(9-10-18-3)14(16)17-2;/h4-8,13H,9-11H2,1-3H3;1H/t13-;/m1./s1. The van der Waals surface area contributed by atoms with Gasteiger partial charge in [0.15, 0.2) is 0 Å². The van der Waals surface area contributed by atoms with Crippen LogP contribution in [0.1, 0.15) is 12.0 Å². The summed E-state index contributed by atoms with van der Waals surface area (Å²) in [6, 6.07) is 9.99. The zero-order valence-corrected chi connectivity index (χ0v) is 13.3. The molecule has 0 N–H and O–H groups in total. The van der Waals surface area contributed by atoms with Gasteiger partial charge >= 0.3 is 5.97 Å². The summed E-state index contributed by atoms with van der Waals surface area (Å²) in [7, 11) is 3.42. The third-order valence-corrected chi connectivity index (χ3v) is 3.52. The van der Waals surface area contributed by atoms with E-state index in [2.05, 4.69) is 17.0 Å². The molecule has 0 radical (unpaired) electrons. The molecule has 19 heavy (non-hydrogen) atoms. The van der Waals surface area contributed by atoms with Crippen LogP contribution in [0, 0.1) is 0 Å². The van der Waals surface area contributed by atoms with E-state index in [0.29, 0.717) is 0 Å². The molecular formula is C14H22ClNO2S. The lowest BCUT2D eigenvalue weighted by Crippen LogP contribution is -2.39. The van der Waals surface area contributed by atoms with Crippen molar-refractivity contribution in [1.29, 1.82) is 0 Å². The van der Waals surface area contributed by atoms with E-state index in [0.717, 1.165) is 18.7 Å². The number of rotatable bonds is 7. The van der Waals surface area contributed by atoms with E-state index < -0.39 is 0 Å². The highest BCUT2D eigenvalue weighted by atomic mass is 35.5. The smallest absolute Gasteiger partial charge is 0.323 e. The summed E-state index contributed by atoms with van der Waals surface area (Å²) in [4.78, 5) is 13.8. The minimum absolute atomic E-state index is 0. The van der Waals surface area contributed by atoms with E-state index in [1.807, 2.05) is 31.5 Å². The first-order valence-corrected chi connectivity index (χ1v) is 7.39. The number of carbonyl (C=O) groups excluding carboxylic acids is 1. The SMILES string of the molecule is COC(=O)[C@@H](CCSC)N(C)Cc1ccccc1.Cl. The minimum atomic E-state index is -0.164. The van der Waals surface area contributed by atoms with E-state index in [4.69, 9.17) is 4.74 Å². The number of nitrogens with zero attached hydrogens (tertiary/aromatic N) is 1. The normalized spacial score (nSPS) is 11.8. The molecule has 1 aromatic rings. The second-order valence-corrected chi connectivity index (χ2v) is 5.21. The number of ether oxygens (including phenoxy) is 1. The Hall–Kier alpha value is -0.710. The van der Waals surface area contributed by atoms with Crippen molar-refractivity contribution in [1.82, 2.24) is 4.90 Å². The summed E-state index contributed by atoms with van der Waals surface area (Å²) in [5, 5.41) is 0. The van der Waals surface area contributed by atoms with Crippen LogP contribution in [0.15, 0.2) is 30.3 Å². The van der Waals surface area contributed by atoms with Crippen LogP contribution in [0.25, 0.3) is 0 Å². The maximum Gasteiger partial charge on any atom is 0.323 e. The average molecular weight is 304 g/mol. The van der Waals surface area contributed by atoms with Crippen LogP contribution in [-0.2, 0) is 16.1 Å². The third kappa shape index (κ3) is 6.32. The van der Waals surface area contributed by atoms with E-state index in [1.54, 1.807) is 11.8 Å². The molecule has 0 saturated carbocycles. The van der Waals surface area contributed by atoms with E-state index in [1.165, 1.54) is 12.7 Å². The molecule has 0 fully saturated rings. The van der Waals surface area contributed by atoms with Gasteiger partial charge in [-0.15, -0.1) is 12.4 Å².